The van der Waals surface area contributed by atoms with Crippen molar-refractivity contribution in [2.75, 3.05) is 39.5 Å². The van der Waals surface area contributed by atoms with Gasteiger partial charge in [0.1, 0.15) is 0 Å². The summed E-state index contributed by atoms with van der Waals surface area (Å²) >= 11 is 0. The van der Waals surface area contributed by atoms with Crippen LogP contribution in [0.3, 0.4) is 0 Å². The van der Waals surface area contributed by atoms with Gasteiger partial charge in [-0.05, 0) is 51.9 Å². The topological polar surface area (TPSA) is 62.5 Å². The van der Waals surface area contributed by atoms with Gasteiger partial charge in [-0.3, -0.25) is 9.78 Å². The number of nitrogen functional groups attached to an aromatic ring is 1. The predicted octanol–water partition coefficient (Wildman–Crippen LogP) is 1.39. The molecule has 1 aliphatic rings. The quantitative estimate of drug-likeness (QED) is 0.906. The van der Waals surface area contributed by atoms with E-state index in [4.69, 9.17) is 5.73 Å². The molecule has 0 saturated carbocycles. The maximum Gasteiger partial charge on any atom is 0.257 e. The highest BCUT2D eigenvalue weighted by molar-refractivity contribution is 5.98. The van der Waals surface area contributed by atoms with E-state index < -0.39 is 0 Å². The molecule has 5 heteroatoms. The second-order valence-electron chi connectivity index (χ2n) is 5.85. The van der Waals surface area contributed by atoms with Gasteiger partial charge in [-0.1, -0.05) is 0 Å². The number of likely N-dealkylation sites (tertiary alicyclic amines) is 1. The van der Waals surface area contributed by atoms with E-state index in [2.05, 4.69) is 16.9 Å². The van der Waals surface area contributed by atoms with Gasteiger partial charge in [0.25, 0.3) is 5.91 Å². The van der Waals surface area contributed by atoms with E-state index in [0.29, 0.717) is 17.2 Å². The molecule has 0 spiro atoms. The molecule has 1 aromatic rings. The van der Waals surface area contributed by atoms with Crippen LogP contribution in [0.15, 0.2) is 12.3 Å². The Kier molecular flexibility index (Phi) is 4.60. The van der Waals surface area contributed by atoms with E-state index in [0.717, 1.165) is 38.2 Å². The Bertz CT molecular complexity index is 481. The zero-order valence-corrected chi connectivity index (χ0v) is 12.6. The van der Waals surface area contributed by atoms with E-state index in [1.165, 1.54) is 0 Å². The van der Waals surface area contributed by atoms with Gasteiger partial charge in [0, 0.05) is 31.2 Å². The van der Waals surface area contributed by atoms with Crippen LogP contribution in [0.25, 0.3) is 0 Å². The molecule has 0 radical (unpaired) electrons. The summed E-state index contributed by atoms with van der Waals surface area (Å²) in [4.78, 5) is 20.7. The first-order valence-electron chi connectivity index (χ1n) is 7.13. The second kappa shape index (κ2) is 6.22. The van der Waals surface area contributed by atoms with Crippen LogP contribution in [0.4, 0.5) is 5.69 Å². The number of anilines is 1. The Labute approximate surface area is 120 Å². The molecule has 1 aliphatic heterocycles. The largest absolute Gasteiger partial charge is 0.398 e. The van der Waals surface area contributed by atoms with Crippen LogP contribution in [0.2, 0.25) is 0 Å². The van der Waals surface area contributed by atoms with Crippen molar-refractivity contribution in [3.63, 3.8) is 0 Å². The molecule has 1 aromatic heterocycles. The minimum Gasteiger partial charge on any atom is -0.398 e. The van der Waals surface area contributed by atoms with E-state index in [-0.39, 0.29) is 5.91 Å². The summed E-state index contributed by atoms with van der Waals surface area (Å²) in [5, 5.41) is 0. The third-order valence-electron chi connectivity index (χ3n) is 4.02. The number of carbonyl (C=O) groups is 1. The maximum atomic E-state index is 12.4. The molecule has 0 aromatic carbocycles. The molecule has 5 nitrogen and oxygen atoms in total. The van der Waals surface area contributed by atoms with Crippen molar-refractivity contribution in [1.82, 2.24) is 14.8 Å². The van der Waals surface area contributed by atoms with Crippen molar-refractivity contribution < 1.29 is 4.79 Å². The first-order valence-corrected chi connectivity index (χ1v) is 7.13. The number of rotatable bonds is 3. The zero-order chi connectivity index (χ0) is 14.7. The fraction of sp³-hybridized carbons (Fsp3) is 0.600. The van der Waals surface area contributed by atoms with Crippen molar-refractivity contribution in [2.24, 2.45) is 5.92 Å². The van der Waals surface area contributed by atoms with E-state index in [1.807, 2.05) is 14.0 Å². The van der Waals surface area contributed by atoms with Crippen molar-refractivity contribution in [3.05, 3.63) is 23.5 Å². The molecule has 20 heavy (non-hydrogen) atoms. The van der Waals surface area contributed by atoms with Gasteiger partial charge in [-0.15, -0.1) is 0 Å². The lowest BCUT2D eigenvalue weighted by atomic mass is 9.96. The Hall–Kier alpha value is -1.62. The number of nitrogens with two attached hydrogens (primary N) is 1. The molecule has 2 heterocycles. The minimum absolute atomic E-state index is 0.0334. The summed E-state index contributed by atoms with van der Waals surface area (Å²) in [6, 6.07) is 1.75. The monoisotopic (exact) mass is 276 g/mol. The molecule has 2 N–H and O–H groups in total. The second-order valence-corrected chi connectivity index (χ2v) is 5.85. The van der Waals surface area contributed by atoms with Gasteiger partial charge in [0.05, 0.1) is 5.56 Å². The average molecular weight is 276 g/mol. The minimum atomic E-state index is -0.0334. The highest BCUT2D eigenvalue weighted by Crippen LogP contribution is 2.19. The fourth-order valence-electron chi connectivity index (χ4n) is 2.68. The van der Waals surface area contributed by atoms with Crippen LogP contribution < -0.4 is 5.73 Å². The summed E-state index contributed by atoms with van der Waals surface area (Å²) in [6.07, 6.45) is 3.88. The van der Waals surface area contributed by atoms with Crippen molar-refractivity contribution >= 4 is 11.6 Å². The lowest BCUT2D eigenvalue weighted by Gasteiger charge is -2.31. The van der Waals surface area contributed by atoms with Gasteiger partial charge in [0.15, 0.2) is 0 Å². The van der Waals surface area contributed by atoms with E-state index in [9.17, 15) is 4.79 Å². The molecular weight excluding hydrogens is 252 g/mol. The van der Waals surface area contributed by atoms with Gasteiger partial charge >= 0.3 is 0 Å². The molecule has 1 amide bonds. The number of piperidine rings is 1. The first kappa shape index (κ1) is 14.8. The molecule has 0 atom stereocenters. The number of aromatic nitrogens is 1. The van der Waals surface area contributed by atoms with Crippen LogP contribution in [-0.4, -0.2) is 54.4 Å². The lowest BCUT2D eigenvalue weighted by molar-refractivity contribution is 0.0748. The van der Waals surface area contributed by atoms with Crippen molar-refractivity contribution in [1.29, 1.82) is 0 Å². The molecule has 1 saturated heterocycles. The SMILES string of the molecule is Cc1cc(N)c(C(=O)N(C)CC2CCN(C)CC2)cn1. The maximum absolute atomic E-state index is 12.4. The van der Waals surface area contributed by atoms with Crippen LogP contribution in [0, 0.1) is 12.8 Å². The number of hydrogen-bond donors (Lipinski definition) is 1. The van der Waals surface area contributed by atoms with Crippen molar-refractivity contribution in [2.45, 2.75) is 19.8 Å². The summed E-state index contributed by atoms with van der Waals surface area (Å²) in [7, 11) is 3.99. The van der Waals surface area contributed by atoms with E-state index >= 15 is 0 Å². The van der Waals surface area contributed by atoms with Gasteiger partial charge in [-0.25, -0.2) is 0 Å². The predicted molar refractivity (Wildman–Crippen MR) is 80.6 cm³/mol. The third kappa shape index (κ3) is 3.48. The third-order valence-corrected chi connectivity index (χ3v) is 4.02. The Balaban J connectivity index is 1.98. The smallest absolute Gasteiger partial charge is 0.257 e. The Morgan fingerprint density at radius 1 is 1.50 bits per heavy atom. The molecule has 0 aliphatic carbocycles. The standard InChI is InChI=1S/C15H24N4O/c1-11-8-14(16)13(9-17-11)15(20)19(3)10-12-4-6-18(2)7-5-12/h8-9,12H,4-7,10H2,1-3H3,(H2,16,17). The van der Waals surface area contributed by atoms with Crippen LogP contribution >= 0.6 is 0 Å². The summed E-state index contributed by atoms with van der Waals surface area (Å²) in [5.41, 5.74) is 7.77. The molecular formula is C15H24N4O. The fourth-order valence-corrected chi connectivity index (χ4v) is 2.68. The summed E-state index contributed by atoms with van der Waals surface area (Å²) < 4.78 is 0. The molecule has 110 valence electrons. The van der Waals surface area contributed by atoms with Crippen LogP contribution in [-0.2, 0) is 0 Å². The Morgan fingerprint density at radius 2 is 2.15 bits per heavy atom. The number of aryl methyl sites for hydroxylation is 1. The van der Waals surface area contributed by atoms with Crippen LogP contribution in [0.1, 0.15) is 28.9 Å². The highest BCUT2D eigenvalue weighted by Gasteiger charge is 2.22. The average Bonchev–Trinajstić information content (AvgIpc) is 2.40. The summed E-state index contributed by atoms with van der Waals surface area (Å²) in [6.45, 7) is 4.88. The molecule has 2 rings (SSSR count). The normalized spacial score (nSPS) is 17.1. The molecule has 1 fully saturated rings. The first-order chi connectivity index (χ1) is 9.47. The molecule has 0 bridgehead atoms. The number of amides is 1. The molecule has 0 unspecified atom stereocenters. The van der Waals surface area contributed by atoms with Gasteiger partial charge < -0.3 is 15.5 Å². The highest BCUT2D eigenvalue weighted by atomic mass is 16.2. The number of pyridine rings is 1. The number of carbonyl (C=O) groups excluding carboxylic acids is 1. The number of hydrogen-bond acceptors (Lipinski definition) is 4. The van der Waals surface area contributed by atoms with E-state index in [1.54, 1.807) is 17.2 Å². The van der Waals surface area contributed by atoms with Gasteiger partial charge in [-0.2, -0.15) is 0 Å². The van der Waals surface area contributed by atoms with Crippen LogP contribution in [0.5, 0.6) is 0 Å². The lowest BCUT2D eigenvalue weighted by Crippen LogP contribution is -2.38. The van der Waals surface area contributed by atoms with Gasteiger partial charge in [0.2, 0.25) is 0 Å². The summed E-state index contributed by atoms with van der Waals surface area (Å²) in [5.74, 6) is 0.550. The van der Waals surface area contributed by atoms with Crippen molar-refractivity contribution in [3.8, 4) is 0 Å². The zero-order valence-electron chi connectivity index (χ0n) is 12.6. The number of nitrogens with zero attached hydrogens (tertiary/aromatic N) is 3. The Morgan fingerprint density at radius 3 is 2.75 bits per heavy atom.